The van der Waals surface area contributed by atoms with Crippen LogP contribution in [0, 0.1) is 11.6 Å². The maximum atomic E-state index is 14.5. The number of aliphatic hydroxyl groups excluding tert-OH is 1. The highest BCUT2D eigenvalue weighted by molar-refractivity contribution is 6.01. The molecule has 1 aliphatic heterocycles. The minimum Gasteiger partial charge on any atom is -0.390 e. The Kier molecular flexibility index (Phi) is 5.25. The molecule has 35 heavy (non-hydrogen) atoms. The Bertz CT molecular complexity index is 1440. The van der Waals surface area contributed by atoms with E-state index in [1.54, 1.807) is 10.7 Å². The van der Waals surface area contributed by atoms with Crippen LogP contribution in [0.3, 0.4) is 0 Å². The van der Waals surface area contributed by atoms with Gasteiger partial charge in [0.15, 0.2) is 0 Å². The van der Waals surface area contributed by atoms with Gasteiger partial charge in [0.2, 0.25) is 0 Å². The summed E-state index contributed by atoms with van der Waals surface area (Å²) in [6.07, 6.45) is 4.62. The van der Waals surface area contributed by atoms with E-state index in [9.17, 15) is 18.7 Å². The highest BCUT2D eigenvalue weighted by Gasteiger charge is 2.33. The first-order valence-corrected chi connectivity index (χ1v) is 11.8. The Morgan fingerprint density at radius 1 is 1.09 bits per heavy atom. The van der Waals surface area contributed by atoms with Crippen LogP contribution < -0.4 is 10.2 Å². The summed E-state index contributed by atoms with van der Waals surface area (Å²) in [4.78, 5) is 15.3. The predicted octanol–water partition coefficient (Wildman–Crippen LogP) is 4.34. The molecule has 6 nitrogen and oxygen atoms in total. The largest absolute Gasteiger partial charge is 0.390 e. The molecule has 3 atom stereocenters. The quantitative estimate of drug-likeness (QED) is 0.462. The van der Waals surface area contributed by atoms with Crippen molar-refractivity contribution in [3.05, 3.63) is 101 Å². The van der Waals surface area contributed by atoms with Crippen LogP contribution in [-0.4, -0.2) is 33.3 Å². The lowest BCUT2D eigenvalue weighted by Gasteiger charge is -2.27. The average Bonchev–Trinajstić information content (AvgIpc) is 3.58. The smallest absolute Gasteiger partial charge is 0.255 e. The van der Waals surface area contributed by atoms with Crippen LogP contribution in [0.2, 0.25) is 0 Å². The number of nitrogens with one attached hydrogen (secondary N) is 1. The van der Waals surface area contributed by atoms with Crippen LogP contribution in [0.5, 0.6) is 0 Å². The lowest BCUT2D eigenvalue weighted by Crippen LogP contribution is -2.33. The van der Waals surface area contributed by atoms with Crippen LogP contribution in [0.1, 0.15) is 52.0 Å². The lowest BCUT2D eigenvalue weighted by atomic mass is 10.0. The number of fused-ring (bicyclic) bond motifs is 2. The van der Waals surface area contributed by atoms with E-state index in [-0.39, 0.29) is 11.9 Å². The van der Waals surface area contributed by atoms with Crippen molar-refractivity contribution in [2.75, 3.05) is 11.4 Å². The first-order chi connectivity index (χ1) is 17.0. The molecule has 1 aliphatic carbocycles. The highest BCUT2D eigenvalue weighted by atomic mass is 19.1. The topological polar surface area (TPSA) is 69.9 Å². The second kappa shape index (κ2) is 8.46. The number of rotatable bonds is 4. The second-order valence-electron chi connectivity index (χ2n) is 9.21. The molecule has 0 radical (unpaired) electrons. The van der Waals surface area contributed by atoms with Gasteiger partial charge < -0.3 is 15.3 Å². The number of aliphatic hydroxyl groups is 1. The molecule has 1 saturated heterocycles. The van der Waals surface area contributed by atoms with Crippen LogP contribution in [0.4, 0.5) is 14.5 Å². The monoisotopic (exact) mass is 474 g/mol. The van der Waals surface area contributed by atoms with E-state index in [4.69, 9.17) is 0 Å². The number of amides is 1. The summed E-state index contributed by atoms with van der Waals surface area (Å²) >= 11 is 0. The van der Waals surface area contributed by atoms with Crippen molar-refractivity contribution in [2.24, 2.45) is 0 Å². The van der Waals surface area contributed by atoms with Crippen LogP contribution >= 0.6 is 0 Å². The molecule has 0 saturated carbocycles. The molecule has 3 heterocycles. The molecular formula is C27H24F2N4O2. The van der Waals surface area contributed by atoms with Gasteiger partial charge in [0, 0.05) is 30.4 Å². The zero-order chi connectivity index (χ0) is 24.1. The molecule has 178 valence electrons. The normalized spacial score (nSPS) is 21.5. The Labute approximate surface area is 200 Å². The van der Waals surface area contributed by atoms with Gasteiger partial charge in [0.05, 0.1) is 35.5 Å². The summed E-state index contributed by atoms with van der Waals surface area (Å²) in [6.45, 7) is 0.692. The molecule has 8 heteroatoms. The van der Waals surface area contributed by atoms with Crippen LogP contribution in [-0.2, 0) is 6.42 Å². The number of anilines is 1. The number of hydrogen-bond donors (Lipinski definition) is 2. The van der Waals surface area contributed by atoms with Gasteiger partial charge >= 0.3 is 0 Å². The summed E-state index contributed by atoms with van der Waals surface area (Å²) in [6, 6.07) is 14.2. The van der Waals surface area contributed by atoms with Crippen molar-refractivity contribution in [3.63, 3.8) is 0 Å². The first-order valence-electron chi connectivity index (χ1n) is 11.8. The first kappa shape index (κ1) is 21.7. The number of halogens is 2. The van der Waals surface area contributed by atoms with Crippen molar-refractivity contribution in [2.45, 2.75) is 37.5 Å². The van der Waals surface area contributed by atoms with Crippen molar-refractivity contribution in [3.8, 4) is 0 Å². The molecule has 6 rings (SSSR count). The van der Waals surface area contributed by atoms with Crippen molar-refractivity contribution < 1.29 is 18.7 Å². The fourth-order valence-corrected chi connectivity index (χ4v) is 5.46. The Morgan fingerprint density at radius 2 is 1.94 bits per heavy atom. The van der Waals surface area contributed by atoms with Gasteiger partial charge in [-0.15, -0.1) is 0 Å². The zero-order valence-electron chi connectivity index (χ0n) is 18.9. The van der Waals surface area contributed by atoms with E-state index in [2.05, 4.69) is 10.4 Å². The molecule has 2 N–H and O–H groups in total. The fraction of sp³-hybridized carbons (Fsp3) is 0.259. The zero-order valence-corrected chi connectivity index (χ0v) is 18.9. The number of carbonyl (C=O) groups excluding carboxylic acids is 1. The van der Waals surface area contributed by atoms with Gasteiger partial charge in [-0.25, -0.2) is 13.3 Å². The third kappa shape index (κ3) is 3.74. The maximum absolute atomic E-state index is 14.5. The maximum Gasteiger partial charge on any atom is 0.255 e. The van der Waals surface area contributed by atoms with Gasteiger partial charge in [-0.05, 0) is 54.3 Å². The van der Waals surface area contributed by atoms with Gasteiger partial charge in [-0.1, -0.05) is 24.3 Å². The van der Waals surface area contributed by atoms with Gasteiger partial charge in [0.25, 0.3) is 5.91 Å². The Morgan fingerprint density at radius 3 is 2.83 bits per heavy atom. The molecule has 2 aromatic heterocycles. The molecule has 0 bridgehead atoms. The summed E-state index contributed by atoms with van der Waals surface area (Å²) in [7, 11) is 0. The summed E-state index contributed by atoms with van der Waals surface area (Å²) < 4.78 is 30.0. The number of aromatic nitrogens is 2. The van der Waals surface area contributed by atoms with E-state index in [1.807, 2.05) is 41.3 Å². The molecule has 1 amide bonds. The van der Waals surface area contributed by atoms with Gasteiger partial charge in [-0.2, -0.15) is 5.10 Å². The van der Waals surface area contributed by atoms with Crippen LogP contribution in [0.15, 0.2) is 67.0 Å². The van der Waals surface area contributed by atoms with E-state index in [0.29, 0.717) is 36.0 Å². The summed E-state index contributed by atoms with van der Waals surface area (Å²) in [5.74, 6) is -1.22. The van der Waals surface area contributed by atoms with E-state index in [0.717, 1.165) is 29.3 Å². The standard InChI is InChI=1S/C27H24F2N4O2/c28-17-7-8-22(29)20(13-17)23-6-3-10-32(23)18-9-11-33-24(14-18)21(15-30-33)27(35)31-26-19-5-2-1-4-16(19)12-25(26)34/h1-2,4-5,7-9,11,13-15,23,25-26,34H,3,6,10,12H2,(H,31,35). The number of benzene rings is 2. The number of hydrogen-bond acceptors (Lipinski definition) is 4. The number of pyridine rings is 1. The number of nitrogens with zero attached hydrogens (tertiary/aromatic N) is 3. The lowest BCUT2D eigenvalue weighted by molar-refractivity contribution is 0.0859. The molecule has 3 unspecified atom stereocenters. The minimum absolute atomic E-state index is 0.293. The predicted molar refractivity (Wildman–Crippen MR) is 127 cm³/mol. The molecule has 0 spiro atoms. The minimum atomic E-state index is -0.694. The Hall–Kier alpha value is -3.78. The molecular weight excluding hydrogens is 450 g/mol. The molecule has 4 aromatic rings. The SMILES string of the molecule is O=C(NC1c2ccccc2CC1O)c1cnn2ccc(N3CCCC3c3cc(F)ccc3F)cc12. The Balaban J connectivity index is 1.31. The van der Waals surface area contributed by atoms with Crippen molar-refractivity contribution in [1.29, 1.82) is 0 Å². The van der Waals surface area contributed by atoms with Crippen LogP contribution in [0.25, 0.3) is 5.52 Å². The average molecular weight is 475 g/mol. The van der Waals surface area contributed by atoms with Crippen molar-refractivity contribution in [1.82, 2.24) is 14.9 Å². The van der Waals surface area contributed by atoms with Gasteiger partial charge in [0.1, 0.15) is 11.6 Å². The molecule has 1 fully saturated rings. The second-order valence-corrected chi connectivity index (χ2v) is 9.21. The fourth-order valence-electron chi connectivity index (χ4n) is 5.46. The van der Waals surface area contributed by atoms with Gasteiger partial charge in [-0.3, -0.25) is 4.79 Å². The van der Waals surface area contributed by atoms with E-state index >= 15 is 0 Å². The summed E-state index contributed by atoms with van der Waals surface area (Å²) in [5.41, 5.74) is 4.08. The third-order valence-electron chi connectivity index (χ3n) is 7.14. The number of carbonyl (C=O) groups is 1. The summed E-state index contributed by atoms with van der Waals surface area (Å²) in [5, 5.41) is 17.8. The third-order valence-corrected chi connectivity index (χ3v) is 7.14. The molecule has 2 aliphatic rings. The molecule has 2 aromatic carbocycles. The van der Waals surface area contributed by atoms with E-state index in [1.165, 1.54) is 18.3 Å². The van der Waals surface area contributed by atoms with Crippen molar-refractivity contribution >= 4 is 17.1 Å². The van der Waals surface area contributed by atoms with E-state index < -0.39 is 23.8 Å². The highest BCUT2D eigenvalue weighted by Crippen LogP contribution is 2.38.